The Morgan fingerprint density at radius 1 is 1.02 bits per heavy atom. The van der Waals surface area contributed by atoms with E-state index in [1.54, 1.807) is 58.0 Å². The summed E-state index contributed by atoms with van der Waals surface area (Å²) in [6.45, 7) is 6.10. The molecule has 2 aromatic carbocycles. The maximum absolute atomic E-state index is 14.8. The van der Waals surface area contributed by atoms with E-state index in [0.717, 1.165) is 5.56 Å². The fourth-order valence-electron chi connectivity index (χ4n) is 5.19. The Morgan fingerprint density at radius 2 is 1.63 bits per heavy atom. The van der Waals surface area contributed by atoms with Gasteiger partial charge in [-0.15, -0.1) is 0 Å². The number of imide groups is 1. The van der Waals surface area contributed by atoms with Gasteiger partial charge in [-0.3, -0.25) is 18.7 Å². The summed E-state index contributed by atoms with van der Waals surface area (Å²) >= 11 is 0. The number of hydrogen-bond donors (Lipinski definition) is 1. The highest BCUT2D eigenvalue weighted by Gasteiger charge is 2.55. The van der Waals surface area contributed by atoms with Gasteiger partial charge in [-0.25, -0.2) is 4.79 Å². The average Bonchev–Trinajstić information content (AvgIpc) is 3.33. The number of carbonyl (C=O) groups is 4. The molecule has 1 aliphatic heterocycles. The predicted molar refractivity (Wildman–Crippen MR) is 155 cm³/mol. The molecule has 0 saturated carbocycles. The maximum Gasteiger partial charge on any atom is 0.521 e. The van der Waals surface area contributed by atoms with Crippen LogP contribution in [0, 0.1) is 5.41 Å². The van der Waals surface area contributed by atoms with Crippen LogP contribution in [0.4, 0.5) is 4.79 Å². The van der Waals surface area contributed by atoms with Gasteiger partial charge in [-0.05, 0) is 46.1 Å². The van der Waals surface area contributed by atoms with Crippen molar-refractivity contribution in [2.75, 3.05) is 19.5 Å². The van der Waals surface area contributed by atoms with Crippen molar-refractivity contribution in [2.45, 2.75) is 71.5 Å². The third-order valence-electron chi connectivity index (χ3n) is 7.78. The van der Waals surface area contributed by atoms with Crippen LogP contribution in [0.2, 0.25) is 0 Å². The molecular formula is C31H41NO8P+. The fourth-order valence-corrected chi connectivity index (χ4v) is 7.58. The van der Waals surface area contributed by atoms with Crippen LogP contribution < -0.4 is 0 Å². The van der Waals surface area contributed by atoms with Crippen LogP contribution in [0.25, 0.3) is 0 Å². The lowest BCUT2D eigenvalue weighted by Crippen LogP contribution is -2.59. The topological polar surface area (TPSA) is 124 Å². The Labute approximate surface area is 241 Å². The van der Waals surface area contributed by atoms with Gasteiger partial charge in [0.25, 0.3) is 0 Å². The molecule has 10 heteroatoms. The number of esters is 1. The molecule has 2 aromatic rings. The number of hydrogen-bond acceptors (Lipinski definition) is 7. The summed E-state index contributed by atoms with van der Waals surface area (Å²) in [4.78, 5) is 51.9. The molecule has 0 radical (unpaired) electrons. The second-order valence-electron chi connectivity index (χ2n) is 11.7. The minimum Gasteiger partial charge on any atom is -0.438 e. The number of carbonyl (C=O) groups excluding carboxylic acids is 3. The highest BCUT2D eigenvalue weighted by atomic mass is 31.2. The summed E-state index contributed by atoms with van der Waals surface area (Å²) in [6.07, 6.45) is -0.398. The molecular weight excluding hydrogens is 545 g/mol. The summed E-state index contributed by atoms with van der Waals surface area (Å²) in [6, 6.07) is 17.5. The van der Waals surface area contributed by atoms with Gasteiger partial charge in [0.05, 0.1) is 12.0 Å². The second kappa shape index (κ2) is 13.7. The number of quaternary nitrogens is 1. The van der Waals surface area contributed by atoms with Crippen molar-refractivity contribution in [1.29, 1.82) is 0 Å². The summed E-state index contributed by atoms with van der Waals surface area (Å²) in [7, 11) is -4.09. The van der Waals surface area contributed by atoms with Crippen LogP contribution in [0.15, 0.2) is 60.7 Å². The highest BCUT2D eigenvalue weighted by molar-refractivity contribution is 7.60. The quantitative estimate of drug-likeness (QED) is 0.101. The summed E-state index contributed by atoms with van der Waals surface area (Å²) in [5.74, 6) is -1.59. The second-order valence-corrected chi connectivity index (χ2v) is 14.5. The monoisotopic (exact) mass is 586 g/mol. The highest BCUT2D eigenvalue weighted by Crippen LogP contribution is 2.56. The van der Waals surface area contributed by atoms with E-state index in [9.17, 15) is 28.8 Å². The molecule has 1 N–H and O–H groups in total. The molecule has 3 rings (SSSR count). The van der Waals surface area contributed by atoms with Gasteiger partial charge in [-0.2, -0.15) is 9.28 Å². The predicted octanol–water partition coefficient (Wildman–Crippen LogP) is 6.31. The lowest BCUT2D eigenvalue weighted by atomic mass is 9.98. The van der Waals surface area contributed by atoms with Crippen LogP contribution >= 0.6 is 7.37 Å². The van der Waals surface area contributed by atoms with Gasteiger partial charge in [-0.1, -0.05) is 60.7 Å². The van der Waals surface area contributed by atoms with Gasteiger partial charge < -0.3 is 9.84 Å². The van der Waals surface area contributed by atoms with E-state index < -0.39 is 59.9 Å². The van der Waals surface area contributed by atoms with Crippen LogP contribution in [0.1, 0.15) is 69.3 Å². The van der Waals surface area contributed by atoms with Gasteiger partial charge in [0.2, 0.25) is 7.37 Å². The molecule has 3 unspecified atom stereocenters. The van der Waals surface area contributed by atoms with Gasteiger partial charge in [0.1, 0.15) is 12.2 Å². The van der Waals surface area contributed by atoms with Gasteiger partial charge in [0, 0.05) is 30.5 Å². The first kappa shape index (κ1) is 32.4. The van der Waals surface area contributed by atoms with Crippen molar-refractivity contribution >= 4 is 31.1 Å². The SMILES string of the molecule is C[C@@H]1CCC[N+]1(C(=O)O)C(=O)CP(=O)(OCOC(=O)C(C)(C)C)C(CCc1ccccc1)CC(=O)c1ccccc1. The van der Waals surface area contributed by atoms with E-state index in [4.69, 9.17) is 9.26 Å². The van der Waals surface area contributed by atoms with Crippen LogP contribution in [0.5, 0.6) is 0 Å². The molecule has 4 atom stereocenters. The van der Waals surface area contributed by atoms with E-state index in [0.29, 0.717) is 24.8 Å². The zero-order valence-corrected chi connectivity index (χ0v) is 25.2. The van der Waals surface area contributed by atoms with Crippen molar-refractivity contribution in [3.63, 3.8) is 0 Å². The molecule has 0 aromatic heterocycles. The zero-order valence-electron chi connectivity index (χ0n) is 24.3. The van der Waals surface area contributed by atoms with Crippen molar-refractivity contribution < 1.29 is 42.6 Å². The Morgan fingerprint density at radius 3 is 2.17 bits per heavy atom. The van der Waals surface area contributed by atoms with Crippen molar-refractivity contribution in [1.82, 2.24) is 0 Å². The van der Waals surface area contributed by atoms with Crippen LogP contribution in [0.3, 0.4) is 0 Å². The molecule has 2 amide bonds. The summed E-state index contributed by atoms with van der Waals surface area (Å²) < 4.78 is 25.0. The average molecular weight is 587 g/mol. The third kappa shape index (κ3) is 8.00. The first-order chi connectivity index (χ1) is 19.3. The van der Waals surface area contributed by atoms with Crippen molar-refractivity contribution in [2.24, 2.45) is 5.41 Å². The molecule has 0 aliphatic carbocycles. The van der Waals surface area contributed by atoms with E-state index in [2.05, 4.69) is 0 Å². The molecule has 222 valence electrons. The van der Waals surface area contributed by atoms with Gasteiger partial charge >= 0.3 is 18.0 Å². The first-order valence-corrected chi connectivity index (χ1v) is 15.8. The lowest BCUT2D eigenvalue weighted by molar-refractivity contribution is -0.791. The Bertz CT molecular complexity index is 1270. The van der Waals surface area contributed by atoms with E-state index >= 15 is 0 Å². The number of amides is 2. The molecule has 1 aliphatic rings. The lowest BCUT2D eigenvalue weighted by Gasteiger charge is -2.33. The number of Topliss-reactive ketones (excluding diaryl/α,β-unsaturated/α-hetero) is 1. The largest absolute Gasteiger partial charge is 0.521 e. The minimum absolute atomic E-state index is 0.0893. The Hall–Kier alpha value is -3.13. The number of rotatable bonds is 12. The van der Waals surface area contributed by atoms with E-state index in [1.165, 1.54) is 0 Å². The Balaban J connectivity index is 1.98. The number of benzene rings is 2. The maximum atomic E-state index is 14.8. The molecule has 1 heterocycles. The Kier molecular flexibility index (Phi) is 10.8. The van der Waals surface area contributed by atoms with Crippen LogP contribution in [-0.4, -0.2) is 64.5 Å². The standard InChI is InChI=1S/C31H40NO8P/c1-23-12-11-19-32(23,30(36)37)28(34)21-41(38,40-22-39-29(35)31(2,3)4)26(18-17-24-13-7-5-8-14-24)20-27(33)25-15-9-6-10-16-25/h5-10,13-16,23,26H,11-12,17-22H2,1-4H3/p+1/t23-,26?,32?,41?/m1/s1. The molecule has 0 bridgehead atoms. The van der Waals surface area contributed by atoms with Crippen LogP contribution in [-0.2, 0) is 29.8 Å². The number of carboxylic acid groups (broad SMARTS) is 1. The van der Waals surface area contributed by atoms with Crippen molar-refractivity contribution in [3.05, 3.63) is 71.8 Å². The number of ketones is 1. The molecule has 41 heavy (non-hydrogen) atoms. The zero-order chi connectivity index (χ0) is 30.3. The molecule has 0 spiro atoms. The molecule has 1 fully saturated rings. The number of nitrogens with zero attached hydrogens (tertiary/aromatic N) is 1. The normalized spacial score (nSPS) is 21.0. The summed E-state index contributed by atoms with van der Waals surface area (Å²) in [5, 5.41) is 10.1. The molecule has 9 nitrogen and oxygen atoms in total. The minimum atomic E-state index is -4.09. The first-order valence-electron chi connectivity index (χ1n) is 14.0. The van der Waals surface area contributed by atoms with Crippen molar-refractivity contribution in [3.8, 4) is 0 Å². The number of ether oxygens (including phenoxy) is 1. The molecule has 1 saturated heterocycles. The smallest absolute Gasteiger partial charge is 0.438 e. The summed E-state index contributed by atoms with van der Waals surface area (Å²) in [5.41, 5.74) is -0.386. The fraction of sp³-hybridized carbons (Fsp3) is 0.484. The van der Waals surface area contributed by atoms with Gasteiger partial charge in [0.15, 0.2) is 12.6 Å². The number of likely N-dealkylation sites (tertiary alicyclic amines) is 1. The van der Waals surface area contributed by atoms with E-state index in [-0.39, 0.29) is 25.2 Å². The van der Waals surface area contributed by atoms with E-state index in [1.807, 2.05) is 30.3 Å². The number of aryl methyl sites for hydroxylation is 1. The third-order valence-corrected chi connectivity index (χ3v) is 10.6.